The highest BCUT2D eigenvalue weighted by molar-refractivity contribution is 6.05. The van der Waals surface area contributed by atoms with Crippen LogP contribution in [0.1, 0.15) is 67.1 Å². The lowest BCUT2D eigenvalue weighted by Gasteiger charge is -2.34. The molecular weight excluding hydrogens is 304 g/mol. The van der Waals surface area contributed by atoms with Gasteiger partial charge in [-0.25, -0.2) is 0 Å². The molecule has 4 rings (SSSR count). The van der Waals surface area contributed by atoms with E-state index in [4.69, 9.17) is 4.52 Å². The summed E-state index contributed by atoms with van der Waals surface area (Å²) in [4.78, 5) is 15.0. The Labute approximate surface area is 141 Å². The second kappa shape index (κ2) is 6.30. The standard InChI is InChI=1S/C19H22N2O3/c22-16-10-8-15(9-11-16)21(14-4-2-1-3-5-14)19(23)17-12-18(24-20-17)13-6-7-13/h8-14,22H,1-7H2. The SMILES string of the molecule is O=C(c1cc(C2CC2)on1)N(c1ccc(O)cc1)C1CCCCC1. The lowest BCUT2D eigenvalue weighted by molar-refractivity contribution is 0.0961. The van der Waals surface area contributed by atoms with Crippen molar-refractivity contribution in [3.05, 3.63) is 41.8 Å². The lowest BCUT2D eigenvalue weighted by atomic mass is 9.93. The third-order valence-corrected chi connectivity index (χ3v) is 5.01. The average Bonchev–Trinajstić information content (AvgIpc) is 3.35. The fourth-order valence-electron chi connectivity index (χ4n) is 3.52. The molecule has 2 aliphatic rings. The van der Waals surface area contributed by atoms with Crippen molar-refractivity contribution in [2.24, 2.45) is 0 Å². The number of anilines is 1. The van der Waals surface area contributed by atoms with Gasteiger partial charge in [0.25, 0.3) is 5.91 Å². The Morgan fingerprint density at radius 1 is 1.08 bits per heavy atom. The maximum atomic E-state index is 13.1. The second-order valence-corrected chi connectivity index (χ2v) is 6.87. The Hall–Kier alpha value is -2.30. The Kier molecular flexibility index (Phi) is 4.00. The van der Waals surface area contributed by atoms with E-state index >= 15 is 0 Å². The molecule has 1 heterocycles. The van der Waals surface area contributed by atoms with E-state index in [1.54, 1.807) is 30.3 Å². The van der Waals surface area contributed by atoms with Crippen LogP contribution >= 0.6 is 0 Å². The van der Waals surface area contributed by atoms with Crippen LogP contribution in [-0.4, -0.2) is 22.2 Å². The van der Waals surface area contributed by atoms with Gasteiger partial charge in [-0.2, -0.15) is 0 Å². The molecule has 1 amide bonds. The minimum atomic E-state index is -0.108. The highest BCUT2D eigenvalue weighted by Gasteiger charge is 2.32. The predicted molar refractivity (Wildman–Crippen MR) is 90.3 cm³/mol. The van der Waals surface area contributed by atoms with E-state index in [1.165, 1.54) is 6.42 Å². The number of carbonyl (C=O) groups excluding carboxylic acids is 1. The van der Waals surface area contributed by atoms with Crippen LogP contribution in [0.2, 0.25) is 0 Å². The van der Waals surface area contributed by atoms with Crippen LogP contribution in [0, 0.1) is 0 Å². The number of carbonyl (C=O) groups is 1. The van der Waals surface area contributed by atoms with E-state index < -0.39 is 0 Å². The van der Waals surface area contributed by atoms with Crippen LogP contribution in [0.4, 0.5) is 5.69 Å². The van der Waals surface area contributed by atoms with Gasteiger partial charge in [0, 0.05) is 23.7 Å². The van der Waals surface area contributed by atoms with Gasteiger partial charge in [0.15, 0.2) is 5.69 Å². The molecular formula is C19H22N2O3. The first kappa shape index (κ1) is 15.2. The quantitative estimate of drug-likeness (QED) is 0.912. The van der Waals surface area contributed by atoms with E-state index in [1.807, 2.05) is 4.90 Å². The summed E-state index contributed by atoms with van der Waals surface area (Å²) in [5, 5.41) is 13.6. The fourth-order valence-corrected chi connectivity index (χ4v) is 3.52. The third-order valence-electron chi connectivity index (χ3n) is 5.01. The fraction of sp³-hybridized carbons (Fsp3) is 0.474. The van der Waals surface area contributed by atoms with Gasteiger partial charge in [-0.3, -0.25) is 4.79 Å². The molecule has 126 valence electrons. The lowest BCUT2D eigenvalue weighted by Crippen LogP contribution is -2.41. The monoisotopic (exact) mass is 326 g/mol. The zero-order valence-corrected chi connectivity index (χ0v) is 13.6. The first-order valence-corrected chi connectivity index (χ1v) is 8.81. The molecule has 0 spiro atoms. The first-order chi connectivity index (χ1) is 11.7. The number of phenols is 1. The zero-order chi connectivity index (χ0) is 16.5. The third kappa shape index (κ3) is 3.03. The molecule has 2 aromatic rings. The second-order valence-electron chi connectivity index (χ2n) is 6.87. The number of nitrogens with zero attached hydrogens (tertiary/aromatic N) is 2. The number of hydrogen-bond donors (Lipinski definition) is 1. The summed E-state index contributed by atoms with van der Waals surface area (Å²) in [7, 11) is 0. The number of aromatic nitrogens is 1. The molecule has 1 aromatic heterocycles. The molecule has 0 aliphatic heterocycles. The highest BCUT2D eigenvalue weighted by atomic mass is 16.5. The average molecular weight is 326 g/mol. The van der Waals surface area contributed by atoms with Crippen molar-refractivity contribution in [2.45, 2.75) is 56.9 Å². The maximum Gasteiger partial charge on any atom is 0.280 e. The molecule has 0 unspecified atom stereocenters. The van der Waals surface area contributed by atoms with Crippen molar-refractivity contribution in [3.8, 4) is 5.75 Å². The number of aromatic hydroxyl groups is 1. The first-order valence-electron chi connectivity index (χ1n) is 8.81. The molecule has 0 saturated heterocycles. The predicted octanol–water partition coefficient (Wildman–Crippen LogP) is 4.24. The minimum absolute atomic E-state index is 0.108. The maximum absolute atomic E-state index is 13.1. The molecule has 0 atom stereocenters. The largest absolute Gasteiger partial charge is 0.508 e. The van der Waals surface area contributed by atoms with Crippen LogP contribution in [0.5, 0.6) is 5.75 Å². The van der Waals surface area contributed by atoms with Crippen LogP contribution in [0.25, 0.3) is 0 Å². The van der Waals surface area contributed by atoms with Crippen LogP contribution in [0.3, 0.4) is 0 Å². The minimum Gasteiger partial charge on any atom is -0.508 e. The number of benzene rings is 1. The summed E-state index contributed by atoms with van der Waals surface area (Å²) in [6.45, 7) is 0. The van der Waals surface area contributed by atoms with E-state index in [0.29, 0.717) is 11.6 Å². The summed E-state index contributed by atoms with van der Waals surface area (Å²) in [5.74, 6) is 1.36. The van der Waals surface area contributed by atoms with E-state index in [2.05, 4.69) is 5.16 Å². The number of amides is 1. The van der Waals surface area contributed by atoms with E-state index in [9.17, 15) is 9.90 Å². The van der Waals surface area contributed by atoms with Crippen molar-refractivity contribution in [2.75, 3.05) is 4.90 Å². The molecule has 0 radical (unpaired) electrons. The van der Waals surface area contributed by atoms with Gasteiger partial charge in [-0.15, -0.1) is 0 Å². The smallest absolute Gasteiger partial charge is 0.280 e. The summed E-state index contributed by atoms with van der Waals surface area (Å²) in [6.07, 6.45) is 7.74. The van der Waals surface area contributed by atoms with Gasteiger partial charge in [0.05, 0.1) is 0 Å². The van der Waals surface area contributed by atoms with Crippen LogP contribution in [-0.2, 0) is 0 Å². The van der Waals surface area contributed by atoms with Crippen LogP contribution in [0.15, 0.2) is 34.9 Å². The van der Waals surface area contributed by atoms with E-state index in [-0.39, 0.29) is 17.7 Å². The van der Waals surface area contributed by atoms with Crippen molar-refractivity contribution < 1.29 is 14.4 Å². The van der Waals surface area contributed by atoms with Gasteiger partial charge in [-0.1, -0.05) is 24.4 Å². The molecule has 5 heteroatoms. The molecule has 2 aliphatic carbocycles. The summed E-state index contributed by atoms with van der Waals surface area (Å²) in [5.41, 5.74) is 1.19. The molecule has 24 heavy (non-hydrogen) atoms. The molecule has 5 nitrogen and oxygen atoms in total. The Bertz CT molecular complexity index is 712. The summed E-state index contributed by atoms with van der Waals surface area (Å²) in [6, 6.07) is 8.81. The summed E-state index contributed by atoms with van der Waals surface area (Å²) >= 11 is 0. The van der Waals surface area contributed by atoms with Crippen molar-refractivity contribution in [3.63, 3.8) is 0 Å². The topological polar surface area (TPSA) is 66.6 Å². The zero-order valence-electron chi connectivity index (χ0n) is 13.6. The number of phenolic OH excluding ortho intramolecular Hbond substituents is 1. The van der Waals surface area contributed by atoms with E-state index in [0.717, 1.165) is 50.0 Å². The highest BCUT2D eigenvalue weighted by Crippen LogP contribution is 2.40. The molecule has 1 N–H and O–H groups in total. The molecule has 2 saturated carbocycles. The molecule has 2 fully saturated rings. The normalized spacial score (nSPS) is 18.5. The van der Waals surface area contributed by atoms with Gasteiger partial charge >= 0.3 is 0 Å². The molecule has 1 aromatic carbocycles. The van der Waals surface area contributed by atoms with Gasteiger partial charge in [0.2, 0.25) is 0 Å². The number of hydrogen-bond acceptors (Lipinski definition) is 4. The van der Waals surface area contributed by atoms with Gasteiger partial charge in [-0.05, 0) is 49.9 Å². The van der Waals surface area contributed by atoms with Crippen molar-refractivity contribution in [1.29, 1.82) is 0 Å². The van der Waals surface area contributed by atoms with Crippen LogP contribution < -0.4 is 4.90 Å². The van der Waals surface area contributed by atoms with Crippen molar-refractivity contribution in [1.82, 2.24) is 5.16 Å². The summed E-state index contributed by atoms with van der Waals surface area (Å²) < 4.78 is 5.36. The van der Waals surface area contributed by atoms with Gasteiger partial charge in [0.1, 0.15) is 11.5 Å². The van der Waals surface area contributed by atoms with Gasteiger partial charge < -0.3 is 14.5 Å². The Morgan fingerprint density at radius 2 is 1.79 bits per heavy atom. The van der Waals surface area contributed by atoms with Crippen molar-refractivity contribution >= 4 is 11.6 Å². The number of rotatable bonds is 4. The molecule has 0 bridgehead atoms. The Morgan fingerprint density at radius 3 is 2.46 bits per heavy atom. The Balaban J connectivity index is 1.64.